The summed E-state index contributed by atoms with van der Waals surface area (Å²) in [6, 6.07) is 9.54. The quantitative estimate of drug-likeness (QED) is 0.605. The summed E-state index contributed by atoms with van der Waals surface area (Å²) < 4.78 is 11.2. The van der Waals surface area contributed by atoms with Crippen molar-refractivity contribution in [1.82, 2.24) is 0 Å². The van der Waals surface area contributed by atoms with Crippen LogP contribution in [0, 0.1) is 0 Å². The molecule has 1 aromatic carbocycles. The summed E-state index contributed by atoms with van der Waals surface area (Å²) in [4.78, 5) is 0. The number of rotatable bonds is 6. The van der Waals surface area contributed by atoms with Crippen LogP contribution in [0.3, 0.4) is 0 Å². The molecule has 4 N–H and O–H groups in total. The van der Waals surface area contributed by atoms with Gasteiger partial charge in [-0.25, -0.2) is 0 Å². The monoisotopic (exact) mass is 312 g/mol. The lowest BCUT2D eigenvalue weighted by atomic mass is 9.99. The van der Waals surface area contributed by atoms with E-state index in [1.807, 2.05) is 37.3 Å². The van der Waals surface area contributed by atoms with E-state index in [4.69, 9.17) is 9.47 Å². The largest absolute Gasteiger partial charge is 0.394 e. The molecule has 6 atom stereocenters. The molecule has 124 valence electrons. The van der Waals surface area contributed by atoms with Crippen molar-refractivity contribution in [2.75, 3.05) is 6.61 Å². The molecule has 0 saturated carbocycles. The summed E-state index contributed by atoms with van der Waals surface area (Å²) in [6.45, 7) is 1.56. The highest BCUT2D eigenvalue weighted by Gasteiger charge is 2.44. The molecule has 1 aromatic rings. The first-order chi connectivity index (χ1) is 10.6. The van der Waals surface area contributed by atoms with Gasteiger partial charge in [0.25, 0.3) is 0 Å². The highest BCUT2D eigenvalue weighted by Crippen LogP contribution is 2.29. The Morgan fingerprint density at radius 1 is 1.09 bits per heavy atom. The number of hydrogen-bond donors (Lipinski definition) is 4. The summed E-state index contributed by atoms with van der Waals surface area (Å²) in [6.07, 6.45) is -4.94. The third kappa shape index (κ3) is 3.84. The predicted molar refractivity (Wildman–Crippen MR) is 78.9 cm³/mol. The van der Waals surface area contributed by atoms with Crippen LogP contribution in [0.4, 0.5) is 0 Å². The van der Waals surface area contributed by atoms with Crippen molar-refractivity contribution in [3.05, 3.63) is 35.9 Å². The third-order valence-corrected chi connectivity index (χ3v) is 3.87. The Bertz CT molecular complexity index is 438. The van der Waals surface area contributed by atoms with E-state index < -0.39 is 37.3 Å². The highest BCUT2D eigenvalue weighted by molar-refractivity contribution is 5.17. The second-order valence-electron chi connectivity index (χ2n) is 5.52. The molecule has 0 spiro atoms. The molecule has 1 saturated heterocycles. The number of ether oxygens (including phenoxy) is 2. The molecule has 6 nitrogen and oxygen atoms in total. The second-order valence-corrected chi connectivity index (χ2v) is 5.52. The van der Waals surface area contributed by atoms with Crippen molar-refractivity contribution in [3.8, 4) is 0 Å². The van der Waals surface area contributed by atoms with E-state index in [2.05, 4.69) is 0 Å². The average molecular weight is 312 g/mol. The molecular formula is C16H24O6. The van der Waals surface area contributed by atoms with Crippen LogP contribution in [-0.4, -0.2) is 57.7 Å². The number of aliphatic hydroxyl groups excluding tert-OH is 4. The summed E-state index contributed by atoms with van der Waals surface area (Å²) in [5.41, 5.74) is 0.946. The Kier molecular flexibility index (Phi) is 6.31. The summed E-state index contributed by atoms with van der Waals surface area (Å²) in [5.74, 6) is 0. The fraction of sp³-hybridized carbons (Fsp3) is 0.625. The second kappa shape index (κ2) is 8.01. The van der Waals surface area contributed by atoms with Gasteiger partial charge in [0.15, 0.2) is 6.29 Å². The zero-order valence-electron chi connectivity index (χ0n) is 12.6. The van der Waals surface area contributed by atoms with Crippen molar-refractivity contribution >= 4 is 0 Å². The van der Waals surface area contributed by atoms with E-state index in [1.165, 1.54) is 0 Å². The molecule has 2 rings (SSSR count). The van der Waals surface area contributed by atoms with Gasteiger partial charge in [0.2, 0.25) is 0 Å². The van der Waals surface area contributed by atoms with Gasteiger partial charge < -0.3 is 29.9 Å². The number of hydrogen-bond acceptors (Lipinski definition) is 6. The molecular weight excluding hydrogens is 288 g/mol. The topological polar surface area (TPSA) is 99.4 Å². The molecule has 1 fully saturated rings. The molecule has 1 aliphatic rings. The van der Waals surface area contributed by atoms with Gasteiger partial charge in [0, 0.05) is 0 Å². The molecule has 1 heterocycles. The number of benzene rings is 1. The Balaban J connectivity index is 2.11. The Labute approximate surface area is 129 Å². The van der Waals surface area contributed by atoms with Crippen molar-refractivity contribution in [2.24, 2.45) is 0 Å². The SMILES string of the molecule is CCCC(O[C@@H]1O[C@H](CO)[C@@H](O)[C@H](O)[C@H]1O)c1ccccc1. The van der Waals surface area contributed by atoms with Gasteiger partial charge in [0.1, 0.15) is 24.4 Å². The maximum atomic E-state index is 10.0. The molecule has 22 heavy (non-hydrogen) atoms. The average Bonchev–Trinajstić information content (AvgIpc) is 2.55. The van der Waals surface area contributed by atoms with Crippen LogP contribution in [0.25, 0.3) is 0 Å². The van der Waals surface area contributed by atoms with Gasteiger partial charge in [-0.1, -0.05) is 43.7 Å². The maximum Gasteiger partial charge on any atom is 0.187 e. The van der Waals surface area contributed by atoms with Gasteiger partial charge in [-0.05, 0) is 12.0 Å². The van der Waals surface area contributed by atoms with Gasteiger partial charge in [-0.2, -0.15) is 0 Å². The van der Waals surface area contributed by atoms with E-state index >= 15 is 0 Å². The fourth-order valence-electron chi connectivity index (χ4n) is 2.58. The minimum atomic E-state index is -1.42. The Hall–Kier alpha value is -1.02. The van der Waals surface area contributed by atoms with E-state index in [0.717, 1.165) is 18.4 Å². The summed E-state index contributed by atoms with van der Waals surface area (Å²) in [5, 5.41) is 38.8. The summed E-state index contributed by atoms with van der Waals surface area (Å²) in [7, 11) is 0. The standard InChI is InChI=1S/C16H24O6/c1-2-6-11(10-7-4-3-5-8-10)21-16-15(20)14(19)13(18)12(9-17)22-16/h3-5,7-8,11-20H,2,6,9H2,1H3/t11?,12-,13-,14+,15-,16-/m1/s1. The van der Waals surface area contributed by atoms with E-state index in [0.29, 0.717) is 0 Å². The van der Waals surface area contributed by atoms with Crippen LogP contribution in [0.15, 0.2) is 30.3 Å². The first-order valence-corrected chi connectivity index (χ1v) is 7.59. The van der Waals surface area contributed by atoms with Crippen LogP contribution in [-0.2, 0) is 9.47 Å². The molecule has 0 aromatic heterocycles. The lowest BCUT2D eigenvalue weighted by Crippen LogP contribution is -2.59. The molecule has 1 unspecified atom stereocenters. The van der Waals surface area contributed by atoms with E-state index in [9.17, 15) is 20.4 Å². The first-order valence-electron chi connectivity index (χ1n) is 7.59. The molecule has 0 radical (unpaired) electrons. The van der Waals surface area contributed by atoms with Gasteiger partial charge >= 0.3 is 0 Å². The van der Waals surface area contributed by atoms with Crippen molar-refractivity contribution in [1.29, 1.82) is 0 Å². The molecule has 0 bridgehead atoms. The highest BCUT2D eigenvalue weighted by atomic mass is 16.7. The van der Waals surface area contributed by atoms with Gasteiger partial charge in [-0.15, -0.1) is 0 Å². The first kappa shape index (κ1) is 17.3. The minimum absolute atomic E-state index is 0.298. The smallest absolute Gasteiger partial charge is 0.187 e. The van der Waals surface area contributed by atoms with Crippen LogP contribution < -0.4 is 0 Å². The van der Waals surface area contributed by atoms with Gasteiger partial charge in [-0.3, -0.25) is 0 Å². The Morgan fingerprint density at radius 2 is 1.77 bits per heavy atom. The zero-order chi connectivity index (χ0) is 16.1. The number of aliphatic hydroxyl groups is 4. The summed E-state index contributed by atoms with van der Waals surface area (Å²) >= 11 is 0. The zero-order valence-corrected chi connectivity index (χ0v) is 12.6. The fourth-order valence-corrected chi connectivity index (χ4v) is 2.58. The lowest BCUT2D eigenvalue weighted by molar-refractivity contribution is -0.312. The minimum Gasteiger partial charge on any atom is -0.394 e. The molecule has 0 aliphatic carbocycles. The van der Waals surface area contributed by atoms with E-state index in [-0.39, 0.29) is 6.10 Å². The van der Waals surface area contributed by atoms with Crippen molar-refractivity contribution in [2.45, 2.75) is 56.6 Å². The van der Waals surface area contributed by atoms with E-state index in [1.54, 1.807) is 0 Å². The Morgan fingerprint density at radius 3 is 2.36 bits per heavy atom. The lowest BCUT2D eigenvalue weighted by Gasteiger charge is -2.40. The molecule has 6 heteroatoms. The molecule has 1 aliphatic heterocycles. The molecule has 0 amide bonds. The van der Waals surface area contributed by atoms with Crippen molar-refractivity contribution < 1.29 is 29.9 Å². The van der Waals surface area contributed by atoms with Crippen LogP contribution >= 0.6 is 0 Å². The predicted octanol–water partition coefficient (Wildman–Crippen LogP) is 0.344. The third-order valence-electron chi connectivity index (χ3n) is 3.87. The van der Waals surface area contributed by atoms with Crippen molar-refractivity contribution in [3.63, 3.8) is 0 Å². The van der Waals surface area contributed by atoms with Crippen LogP contribution in [0.2, 0.25) is 0 Å². The van der Waals surface area contributed by atoms with Crippen LogP contribution in [0.1, 0.15) is 31.4 Å². The maximum absolute atomic E-state index is 10.0. The normalized spacial score (nSPS) is 33.6. The van der Waals surface area contributed by atoms with Crippen LogP contribution in [0.5, 0.6) is 0 Å². The van der Waals surface area contributed by atoms with Gasteiger partial charge in [0.05, 0.1) is 12.7 Å².